The molecule has 0 fully saturated rings. The quantitative estimate of drug-likeness (QED) is 0.408. The Labute approximate surface area is 180 Å². The average molecular weight is 418 g/mol. The van der Waals surface area contributed by atoms with Gasteiger partial charge in [-0.1, -0.05) is 18.2 Å². The molecule has 7 heteroatoms. The van der Waals surface area contributed by atoms with E-state index >= 15 is 0 Å². The van der Waals surface area contributed by atoms with Crippen LogP contribution in [0.25, 0.3) is 21.8 Å². The first-order valence-electron chi connectivity index (χ1n) is 10.2. The zero-order valence-corrected chi connectivity index (χ0v) is 17.7. The first kappa shape index (κ1) is 20.7. The molecule has 2 aromatic heterocycles. The summed E-state index contributed by atoms with van der Waals surface area (Å²) in [5.41, 5.74) is 3.54. The average Bonchev–Trinajstić information content (AvgIpc) is 3.38. The van der Waals surface area contributed by atoms with Crippen molar-refractivity contribution in [3.63, 3.8) is 0 Å². The number of hydrogen-bond acceptors (Lipinski definition) is 4. The van der Waals surface area contributed by atoms with Crippen molar-refractivity contribution in [3.05, 3.63) is 66.0 Å². The second-order valence-corrected chi connectivity index (χ2v) is 7.67. The molecule has 2 aromatic carbocycles. The summed E-state index contributed by atoms with van der Waals surface area (Å²) < 4.78 is 5.25. The Morgan fingerprint density at radius 1 is 1.00 bits per heavy atom. The van der Waals surface area contributed by atoms with E-state index in [1.54, 1.807) is 18.1 Å². The van der Waals surface area contributed by atoms with Gasteiger partial charge in [0.05, 0.1) is 13.7 Å². The highest BCUT2D eigenvalue weighted by molar-refractivity contribution is 5.99. The number of carbonyl (C=O) groups excluding carboxylic acids is 2. The van der Waals surface area contributed by atoms with Crippen LogP contribution < -0.4 is 4.74 Å². The molecule has 0 spiro atoms. The van der Waals surface area contributed by atoms with Gasteiger partial charge in [-0.05, 0) is 48.8 Å². The SMILES string of the molecule is COc1ccc2[nH]c(C(=O)N(CC=O)CCN(C)Cc3cc4ccccc4[nH]3)cc2c1. The normalized spacial score (nSPS) is 11.3. The number of nitrogens with one attached hydrogen (secondary N) is 2. The Balaban J connectivity index is 1.41. The van der Waals surface area contributed by atoms with Crippen molar-refractivity contribution in [3.8, 4) is 5.75 Å². The Morgan fingerprint density at radius 3 is 2.58 bits per heavy atom. The molecule has 0 saturated heterocycles. The molecule has 31 heavy (non-hydrogen) atoms. The first-order chi connectivity index (χ1) is 15.1. The van der Waals surface area contributed by atoms with Gasteiger partial charge in [-0.25, -0.2) is 0 Å². The number of ether oxygens (including phenoxy) is 1. The van der Waals surface area contributed by atoms with E-state index in [-0.39, 0.29) is 12.5 Å². The third kappa shape index (κ3) is 4.62. The van der Waals surface area contributed by atoms with Gasteiger partial charge >= 0.3 is 0 Å². The number of benzene rings is 2. The fourth-order valence-corrected chi connectivity index (χ4v) is 3.77. The molecule has 0 aliphatic carbocycles. The Morgan fingerprint density at radius 2 is 1.81 bits per heavy atom. The third-order valence-electron chi connectivity index (χ3n) is 5.42. The Bertz CT molecular complexity index is 1180. The number of H-pyrrole nitrogens is 2. The van der Waals surface area contributed by atoms with Crippen LogP contribution in [-0.4, -0.2) is 65.8 Å². The molecule has 0 unspecified atom stereocenters. The van der Waals surface area contributed by atoms with E-state index in [9.17, 15) is 9.59 Å². The molecule has 0 aliphatic heterocycles. The highest BCUT2D eigenvalue weighted by Gasteiger charge is 2.18. The zero-order chi connectivity index (χ0) is 21.8. The molecule has 1 amide bonds. The maximum Gasteiger partial charge on any atom is 0.270 e. The fourth-order valence-electron chi connectivity index (χ4n) is 3.77. The minimum Gasteiger partial charge on any atom is -0.497 e. The number of para-hydroxylation sites is 1. The maximum absolute atomic E-state index is 13.0. The Hall–Kier alpha value is -3.58. The van der Waals surface area contributed by atoms with Gasteiger partial charge in [0.15, 0.2) is 0 Å². The van der Waals surface area contributed by atoms with Crippen molar-refractivity contribution in [2.75, 3.05) is 33.8 Å². The van der Waals surface area contributed by atoms with Crippen LogP contribution in [0, 0.1) is 0 Å². The van der Waals surface area contributed by atoms with E-state index < -0.39 is 0 Å². The summed E-state index contributed by atoms with van der Waals surface area (Å²) >= 11 is 0. The van der Waals surface area contributed by atoms with Crippen molar-refractivity contribution in [1.82, 2.24) is 19.8 Å². The molecule has 4 rings (SSSR count). The molecular formula is C24H26N4O3. The van der Waals surface area contributed by atoms with Gasteiger partial charge in [0.25, 0.3) is 5.91 Å². The van der Waals surface area contributed by atoms with Crippen molar-refractivity contribution < 1.29 is 14.3 Å². The van der Waals surface area contributed by atoms with Crippen LogP contribution in [0.15, 0.2) is 54.6 Å². The van der Waals surface area contributed by atoms with Crippen LogP contribution in [0.2, 0.25) is 0 Å². The van der Waals surface area contributed by atoms with Crippen LogP contribution in [0.3, 0.4) is 0 Å². The first-order valence-corrected chi connectivity index (χ1v) is 10.2. The maximum atomic E-state index is 13.0. The molecule has 2 heterocycles. The van der Waals surface area contributed by atoms with Gasteiger partial charge in [0.1, 0.15) is 17.7 Å². The summed E-state index contributed by atoms with van der Waals surface area (Å²) in [6.45, 7) is 1.87. The summed E-state index contributed by atoms with van der Waals surface area (Å²) in [4.78, 5) is 34.5. The smallest absolute Gasteiger partial charge is 0.270 e. The van der Waals surface area contributed by atoms with Gasteiger partial charge in [-0.2, -0.15) is 0 Å². The largest absolute Gasteiger partial charge is 0.497 e. The van der Waals surface area contributed by atoms with Crippen molar-refractivity contribution in [1.29, 1.82) is 0 Å². The molecule has 2 N–H and O–H groups in total. The van der Waals surface area contributed by atoms with Crippen LogP contribution in [0.4, 0.5) is 0 Å². The topological polar surface area (TPSA) is 81.4 Å². The van der Waals surface area contributed by atoms with Gasteiger partial charge in [0.2, 0.25) is 0 Å². The number of carbonyl (C=O) groups is 2. The number of aromatic amines is 2. The van der Waals surface area contributed by atoms with Gasteiger partial charge in [0, 0.05) is 41.7 Å². The number of methoxy groups -OCH3 is 1. The predicted octanol–water partition coefficient (Wildman–Crippen LogP) is 3.43. The summed E-state index contributed by atoms with van der Waals surface area (Å²) in [6.07, 6.45) is 0.765. The molecule has 0 aliphatic rings. The van der Waals surface area contributed by atoms with Crippen LogP contribution >= 0.6 is 0 Å². The third-order valence-corrected chi connectivity index (χ3v) is 5.42. The molecule has 0 atom stereocenters. The van der Waals surface area contributed by atoms with Crippen molar-refractivity contribution in [2.45, 2.75) is 6.54 Å². The van der Waals surface area contributed by atoms with E-state index in [2.05, 4.69) is 33.1 Å². The fraction of sp³-hybridized carbons (Fsp3) is 0.250. The number of hydrogen-bond donors (Lipinski definition) is 2. The zero-order valence-electron chi connectivity index (χ0n) is 17.7. The van der Waals surface area contributed by atoms with E-state index in [0.717, 1.165) is 40.7 Å². The van der Waals surface area contributed by atoms with Crippen molar-refractivity contribution in [2.24, 2.45) is 0 Å². The minimum atomic E-state index is -0.193. The molecular weight excluding hydrogens is 392 g/mol. The molecule has 160 valence electrons. The Kier molecular flexibility index (Phi) is 6.04. The lowest BCUT2D eigenvalue weighted by Crippen LogP contribution is -2.38. The second kappa shape index (κ2) is 9.06. The summed E-state index contributed by atoms with van der Waals surface area (Å²) in [6, 6.07) is 17.7. The summed E-state index contributed by atoms with van der Waals surface area (Å²) in [5.74, 6) is 0.537. The van der Waals surface area contributed by atoms with Crippen molar-refractivity contribution >= 4 is 34.0 Å². The number of aromatic nitrogens is 2. The van der Waals surface area contributed by atoms with Gasteiger partial charge in [-0.3, -0.25) is 9.69 Å². The number of amides is 1. The van der Waals surface area contributed by atoms with Gasteiger partial charge < -0.3 is 24.4 Å². The number of aldehydes is 1. The van der Waals surface area contributed by atoms with E-state index in [4.69, 9.17) is 4.74 Å². The molecule has 7 nitrogen and oxygen atoms in total. The summed E-state index contributed by atoms with van der Waals surface area (Å²) in [7, 11) is 3.61. The lowest BCUT2D eigenvalue weighted by molar-refractivity contribution is -0.108. The molecule has 0 saturated carbocycles. The van der Waals surface area contributed by atoms with Crippen LogP contribution in [-0.2, 0) is 11.3 Å². The van der Waals surface area contributed by atoms with Gasteiger partial charge in [-0.15, -0.1) is 0 Å². The number of nitrogens with zero attached hydrogens (tertiary/aromatic N) is 2. The summed E-state index contributed by atoms with van der Waals surface area (Å²) in [5, 5.41) is 2.07. The monoisotopic (exact) mass is 418 g/mol. The predicted molar refractivity (Wildman–Crippen MR) is 121 cm³/mol. The second-order valence-electron chi connectivity index (χ2n) is 7.67. The molecule has 4 aromatic rings. The van der Waals surface area contributed by atoms with E-state index in [1.807, 2.05) is 37.4 Å². The van der Waals surface area contributed by atoms with E-state index in [0.29, 0.717) is 18.8 Å². The standard InChI is InChI=1S/C24H26N4O3/c1-27(16-19-13-17-5-3-4-6-21(17)25-19)9-10-28(11-12-29)24(30)23-15-18-14-20(31-2)7-8-22(18)26-23/h3-8,12-15,25-26H,9-11,16H2,1-2H3. The lowest BCUT2D eigenvalue weighted by Gasteiger charge is -2.23. The minimum absolute atomic E-state index is 0.0533. The highest BCUT2D eigenvalue weighted by Crippen LogP contribution is 2.22. The number of rotatable bonds is 9. The highest BCUT2D eigenvalue weighted by atomic mass is 16.5. The lowest BCUT2D eigenvalue weighted by atomic mass is 10.2. The molecule has 0 radical (unpaired) electrons. The van der Waals surface area contributed by atoms with E-state index in [1.165, 1.54) is 5.39 Å². The number of fused-ring (bicyclic) bond motifs is 2. The van der Waals surface area contributed by atoms with Crippen LogP contribution in [0.1, 0.15) is 16.2 Å². The number of likely N-dealkylation sites (N-methyl/N-ethyl adjacent to an activating group) is 1. The van der Waals surface area contributed by atoms with Crippen LogP contribution in [0.5, 0.6) is 5.75 Å². The molecule has 0 bridgehead atoms.